The zero-order chi connectivity index (χ0) is 19.6. The third-order valence-electron chi connectivity index (χ3n) is 4.42. The monoisotopic (exact) mass is 394 g/mol. The second-order valence-electron chi connectivity index (χ2n) is 6.47. The predicted molar refractivity (Wildman–Crippen MR) is 105 cm³/mol. The molecule has 1 heterocycles. The average Bonchev–Trinajstić information content (AvgIpc) is 2.68. The van der Waals surface area contributed by atoms with E-state index in [1.165, 1.54) is 0 Å². The Hall–Kier alpha value is -2.28. The summed E-state index contributed by atoms with van der Waals surface area (Å²) in [5, 5.41) is 6.12. The number of hydrogen-bond donors (Lipinski definition) is 2. The summed E-state index contributed by atoms with van der Waals surface area (Å²) in [4.78, 5) is 39.5. The van der Waals surface area contributed by atoms with Crippen LogP contribution in [0, 0.1) is 0 Å². The molecule has 0 atom stereocenters. The van der Waals surface area contributed by atoms with E-state index in [1.54, 1.807) is 15.9 Å². The van der Waals surface area contributed by atoms with E-state index in [0.29, 0.717) is 44.3 Å². The van der Waals surface area contributed by atoms with Gasteiger partial charge in [-0.2, -0.15) is 0 Å². The van der Waals surface area contributed by atoms with Crippen molar-refractivity contribution in [1.29, 1.82) is 0 Å². The fourth-order valence-corrected chi connectivity index (χ4v) is 3.03. The highest BCUT2D eigenvalue weighted by Gasteiger charge is 2.24. The van der Waals surface area contributed by atoms with Gasteiger partial charge in [0.25, 0.3) is 0 Å². The Labute approximate surface area is 165 Å². The number of halogens is 1. The third-order valence-corrected chi connectivity index (χ3v) is 4.79. The van der Waals surface area contributed by atoms with Gasteiger partial charge in [0, 0.05) is 50.7 Å². The second kappa shape index (κ2) is 10.8. The van der Waals surface area contributed by atoms with Gasteiger partial charge >= 0.3 is 6.03 Å². The van der Waals surface area contributed by atoms with Crippen molar-refractivity contribution < 1.29 is 14.4 Å². The number of carbonyl (C=O) groups excluding carboxylic acids is 3. The molecule has 2 N–H and O–H groups in total. The Balaban J connectivity index is 1.70. The molecule has 0 saturated carbocycles. The minimum Gasteiger partial charge on any atom is -0.356 e. The van der Waals surface area contributed by atoms with E-state index in [-0.39, 0.29) is 30.7 Å². The van der Waals surface area contributed by atoms with Crippen LogP contribution in [0.4, 0.5) is 4.79 Å². The third kappa shape index (κ3) is 6.75. The molecule has 0 bridgehead atoms. The molecule has 4 amide bonds. The quantitative estimate of drug-likeness (QED) is 0.737. The van der Waals surface area contributed by atoms with Crippen LogP contribution in [0.25, 0.3) is 0 Å². The van der Waals surface area contributed by atoms with Crippen molar-refractivity contribution in [2.24, 2.45) is 0 Å². The zero-order valence-electron chi connectivity index (χ0n) is 15.7. The fraction of sp³-hybridized carbons (Fsp3) is 0.526. The van der Waals surface area contributed by atoms with Crippen molar-refractivity contribution in [2.45, 2.75) is 26.2 Å². The maximum atomic E-state index is 12.4. The van der Waals surface area contributed by atoms with Crippen molar-refractivity contribution >= 4 is 29.4 Å². The number of rotatable bonds is 7. The number of carbonyl (C=O) groups is 3. The molecule has 1 aromatic rings. The topological polar surface area (TPSA) is 81.8 Å². The Morgan fingerprint density at radius 1 is 1.00 bits per heavy atom. The number of nitrogens with one attached hydrogen (secondary N) is 2. The number of hydrogen-bond acceptors (Lipinski definition) is 3. The molecule has 1 aromatic carbocycles. The molecular weight excluding hydrogens is 368 g/mol. The summed E-state index contributed by atoms with van der Waals surface area (Å²) in [7, 11) is 0. The molecule has 1 saturated heterocycles. The largest absolute Gasteiger partial charge is 0.356 e. The smallest absolute Gasteiger partial charge is 0.317 e. The van der Waals surface area contributed by atoms with Crippen LogP contribution in [0.3, 0.4) is 0 Å². The van der Waals surface area contributed by atoms with Crippen LogP contribution in [0.15, 0.2) is 24.3 Å². The molecule has 0 spiro atoms. The van der Waals surface area contributed by atoms with Gasteiger partial charge in [-0.25, -0.2) is 4.79 Å². The van der Waals surface area contributed by atoms with Gasteiger partial charge in [0.2, 0.25) is 11.8 Å². The highest BCUT2D eigenvalue weighted by atomic mass is 35.5. The minimum absolute atomic E-state index is 0.00996. The molecule has 0 unspecified atom stereocenters. The first-order valence-electron chi connectivity index (χ1n) is 9.32. The van der Waals surface area contributed by atoms with Gasteiger partial charge in [0.15, 0.2) is 0 Å². The lowest BCUT2D eigenvalue weighted by molar-refractivity contribution is -0.131. The van der Waals surface area contributed by atoms with Gasteiger partial charge in [0.1, 0.15) is 0 Å². The summed E-state index contributed by atoms with van der Waals surface area (Å²) in [5.74, 6) is -0.0529. The van der Waals surface area contributed by atoms with Crippen LogP contribution in [0.5, 0.6) is 0 Å². The second-order valence-corrected chi connectivity index (χ2v) is 6.88. The molecule has 1 fully saturated rings. The summed E-state index contributed by atoms with van der Waals surface area (Å²) in [5.41, 5.74) is 0.811. The standard InChI is InChI=1S/C19H27ClN4O3/c1-2-8-21-17(25)7-9-22-19(27)24-12-10-23(11-13-24)18(26)14-15-5-3-4-6-16(15)20/h3-6H,2,7-14H2,1H3,(H,21,25)(H,22,27). The maximum Gasteiger partial charge on any atom is 0.317 e. The Morgan fingerprint density at radius 2 is 1.67 bits per heavy atom. The Kier molecular flexibility index (Phi) is 8.39. The highest BCUT2D eigenvalue weighted by Crippen LogP contribution is 2.16. The van der Waals surface area contributed by atoms with Crippen molar-refractivity contribution in [3.63, 3.8) is 0 Å². The molecule has 148 valence electrons. The van der Waals surface area contributed by atoms with Gasteiger partial charge in [-0.1, -0.05) is 36.7 Å². The molecule has 7 nitrogen and oxygen atoms in total. The number of amides is 4. The maximum absolute atomic E-state index is 12.4. The zero-order valence-corrected chi connectivity index (χ0v) is 16.4. The number of nitrogens with zero attached hydrogens (tertiary/aromatic N) is 2. The van der Waals surface area contributed by atoms with Gasteiger partial charge in [0.05, 0.1) is 6.42 Å². The van der Waals surface area contributed by atoms with E-state index < -0.39 is 0 Å². The van der Waals surface area contributed by atoms with Gasteiger partial charge in [-0.15, -0.1) is 0 Å². The summed E-state index contributed by atoms with van der Waals surface area (Å²) >= 11 is 6.11. The van der Waals surface area contributed by atoms with E-state index in [4.69, 9.17) is 11.6 Å². The van der Waals surface area contributed by atoms with Gasteiger partial charge in [-0.3, -0.25) is 9.59 Å². The van der Waals surface area contributed by atoms with Crippen LogP contribution in [-0.2, 0) is 16.0 Å². The minimum atomic E-state index is -0.198. The van der Waals surface area contributed by atoms with Crippen LogP contribution >= 0.6 is 11.6 Å². The van der Waals surface area contributed by atoms with Crippen LogP contribution in [0.2, 0.25) is 5.02 Å². The first-order valence-corrected chi connectivity index (χ1v) is 9.69. The first-order chi connectivity index (χ1) is 13.0. The lowest BCUT2D eigenvalue weighted by atomic mass is 10.1. The molecular formula is C19H27ClN4O3. The molecule has 27 heavy (non-hydrogen) atoms. The van der Waals surface area contributed by atoms with Crippen molar-refractivity contribution in [1.82, 2.24) is 20.4 Å². The predicted octanol–water partition coefficient (Wildman–Crippen LogP) is 1.65. The van der Waals surface area contributed by atoms with E-state index >= 15 is 0 Å². The van der Waals surface area contributed by atoms with Gasteiger partial charge < -0.3 is 20.4 Å². The average molecular weight is 395 g/mol. The Morgan fingerprint density at radius 3 is 2.33 bits per heavy atom. The van der Waals surface area contributed by atoms with E-state index in [9.17, 15) is 14.4 Å². The van der Waals surface area contributed by atoms with E-state index in [1.807, 2.05) is 25.1 Å². The van der Waals surface area contributed by atoms with Gasteiger partial charge in [-0.05, 0) is 18.1 Å². The summed E-state index contributed by atoms with van der Waals surface area (Å²) in [6, 6.07) is 7.12. The number of urea groups is 1. The van der Waals surface area contributed by atoms with Crippen LogP contribution in [-0.4, -0.2) is 66.9 Å². The lowest BCUT2D eigenvalue weighted by Crippen LogP contribution is -2.53. The molecule has 1 aliphatic rings. The normalized spacial score (nSPS) is 14.0. The molecule has 0 aromatic heterocycles. The summed E-state index contributed by atoms with van der Waals surface area (Å²) < 4.78 is 0. The molecule has 8 heteroatoms. The number of piperazine rings is 1. The summed E-state index contributed by atoms with van der Waals surface area (Å²) in [6.07, 6.45) is 1.42. The fourth-order valence-electron chi connectivity index (χ4n) is 2.82. The Bertz CT molecular complexity index is 660. The first kappa shape index (κ1) is 21.0. The highest BCUT2D eigenvalue weighted by molar-refractivity contribution is 6.31. The molecule has 1 aliphatic heterocycles. The van der Waals surface area contributed by atoms with Crippen molar-refractivity contribution in [2.75, 3.05) is 39.3 Å². The van der Waals surface area contributed by atoms with Crippen molar-refractivity contribution in [3.05, 3.63) is 34.9 Å². The SMILES string of the molecule is CCCNC(=O)CCNC(=O)N1CCN(C(=O)Cc2ccccc2Cl)CC1. The number of benzene rings is 1. The van der Waals surface area contributed by atoms with Crippen LogP contribution < -0.4 is 10.6 Å². The lowest BCUT2D eigenvalue weighted by Gasteiger charge is -2.34. The molecule has 0 radical (unpaired) electrons. The van der Waals surface area contributed by atoms with Crippen molar-refractivity contribution in [3.8, 4) is 0 Å². The molecule has 2 rings (SSSR count). The molecule has 0 aliphatic carbocycles. The van der Waals surface area contributed by atoms with Crippen LogP contribution in [0.1, 0.15) is 25.3 Å². The summed E-state index contributed by atoms with van der Waals surface area (Å²) in [6.45, 7) is 4.88. The van der Waals surface area contributed by atoms with E-state index in [0.717, 1.165) is 12.0 Å². The van der Waals surface area contributed by atoms with E-state index in [2.05, 4.69) is 10.6 Å².